The fourth-order valence-electron chi connectivity index (χ4n) is 5.79. The standard InChI is InChI=1S/C29H32FN7O3S.ClH/c1-18-8-9-20-21(10-11-23(30)26(20)25-7-4-16-37(25)41(31,38)39)27(18)40-28-22(6-3-14-33-28)24-12-15-34-29(36-24)35-19-5-2-13-32-17-19;/h3,6,8-12,14-15,19,25,32H,2,4-5,7,13,16-17H2,1H3,(H2,31,38,39)(H,34,35,36);1H/t19-,25?;/m0./s1. The van der Waals surface area contributed by atoms with Gasteiger partial charge >= 0.3 is 0 Å². The van der Waals surface area contributed by atoms with Crippen LogP contribution in [-0.4, -0.2) is 53.4 Å². The largest absolute Gasteiger partial charge is 0.437 e. The van der Waals surface area contributed by atoms with E-state index in [-0.39, 0.29) is 25.0 Å². The van der Waals surface area contributed by atoms with E-state index < -0.39 is 22.1 Å². The molecule has 222 valence electrons. The van der Waals surface area contributed by atoms with E-state index in [1.54, 1.807) is 30.6 Å². The summed E-state index contributed by atoms with van der Waals surface area (Å²) >= 11 is 0. The number of piperidine rings is 1. The van der Waals surface area contributed by atoms with Crippen molar-refractivity contribution in [2.45, 2.75) is 44.7 Å². The van der Waals surface area contributed by atoms with Crippen molar-refractivity contribution in [2.24, 2.45) is 5.14 Å². The zero-order valence-corrected chi connectivity index (χ0v) is 24.7. The molecule has 2 atom stereocenters. The number of nitrogens with one attached hydrogen (secondary N) is 2. The van der Waals surface area contributed by atoms with Gasteiger partial charge in [0, 0.05) is 42.5 Å². The maximum absolute atomic E-state index is 15.3. The summed E-state index contributed by atoms with van der Waals surface area (Å²) in [6, 6.07) is 11.7. The van der Waals surface area contributed by atoms with E-state index in [9.17, 15) is 8.42 Å². The van der Waals surface area contributed by atoms with Crippen molar-refractivity contribution in [1.82, 2.24) is 24.6 Å². The minimum Gasteiger partial charge on any atom is -0.437 e. The molecule has 0 aliphatic carbocycles. The van der Waals surface area contributed by atoms with Crippen molar-refractivity contribution in [3.8, 4) is 22.9 Å². The summed E-state index contributed by atoms with van der Waals surface area (Å²) < 4.78 is 47.5. The molecule has 1 unspecified atom stereocenters. The van der Waals surface area contributed by atoms with Crippen LogP contribution in [0, 0.1) is 12.7 Å². The summed E-state index contributed by atoms with van der Waals surface area (Å²) in [5, 5.41) is 13.5. The molecule has 0 saturated carbocycles. The van der Waals surface area contributed by atoms with Gasteiger partial charge in [-0.1, -0.05) is 12.1 Å². The maximum Gasteiger partial charge on any atom is 0.277 e. The second-order valence-corrected chi connectivity index (χ2v) is 12.0. The molecule has 0 radical (unpaired) electrons. The van der Waals surface area contributed by atoms with Crippen LogP contribution in [-0.2, 0) is 10.2 Å². The van der Waals surface area contributed by atoms with Gasteiger partial charge in [0.25, 0.3) is 10.2 Å². The van der Waals surface area contributed by atoms with Gasteiger partial charge in [0.15, 0.2) is 0 Å². The van der Waals surface area contributed by atoms with E-state index in [0.29, 0.717) is 58.0 Å². The van der Waals surface area contributed by atoms with E-state index in [0.717, 1.165) is 31.5 Å². The number of aryl methyl sites for hydroxylation is 1. The molecule has 13 heteroatoms. The number of aromatic nitrogens is 3. The van der Waals surface area contributed by atoms with Crippen molar-refractivity contribution in [1.29, 1.82) is 0 Å². The molecule has 0 bridgehead atoms. The molecule has 2 aromatic heterocycles. The molecule has 2 aliphatic rings. The Hall–Kier alpha value is -3.42. The highest BCUT2D eigenvalue weighted by Crippen LogP contribution is 2.43. The van der Waals surface area contributed by atoms with Crippen LogP contribution in [0.3, 0.4) is 0 Å². The summed E-state index contributed by atoms with van der Waals surface area (Å²) in [7, 11) is -4.00. The highest BCUT2D eigenvalue weighted by atomic mass is 35.5. The number of halogens is 2. The van der Waals surface area contributed by atoms with Crippen LogP contribution in [0.2, 0.25) is 0 Å². The Kier molecular flexibility index (Phi) is 8.90. The summed E-state index contributed by atoms with van der Waals surface area (Å²) in [4.78, 5) is 13.7. The Morgan fingerprint density at radius 1 is 1.07 bits per heavy atom. The number of hydrogen-bond donors (Lipinski definition) is 3. The van der Waals surface area contributed by atoms with Gasteiger partial charge in [-0.05, 0) is 80.4 Å². The topological polar surface area (TPSA) is 135 Å². The molecule has 42 heavy (non-hydrogen) atoms. The van der Waals surface area contributed by atoms with Crippen LogP contribution in [0.25, 0.3) is 22.0 Å². The lowest BCUT2D eigenvalue weighted by Crippen LogP contribution is -2.38. The first-order chi connectivity index (χ1) is 19.8. The van der Waals surface area contributed by atoms with Crippen molar-refractivity contribution >= 4 is 39.3 Å². The number of nitrogens with zero attached hydrogens (tertiary/aromatic N) is 4. The van der Waals surface area contributed by atoms with Gasteiger partial charge in [-0.2, -0.15) is 12.7 Å². The van der Waals surface area contributed by atoms with Crippen LogP contribution in [0.1, 0.15) is 42.9 Å². The third kappa shape index (κ3) is 6.04. The lowest BCUT2D eigenvalue weighted by molar-refractivity contribution is 0.389. The third-order valence-corrected chi connectivity index (χ3v) is 8.82. The number of fused-ring (bicyclic) bond motifs is 1. The molecular weight excluding hydrogens is 581 g/mol. The lowest BCUT2D eigenvalue weighted by atomic mass is 9.95. The zero-order chi connectivity index (χ0) is 28.6. The molecule has 2 aromatic carbocycles. The number of nitrogens with two attached hydrogens (primary N) is 1. The number of benzene rings is 2. The van der Waals surface area contributed by atoms with Crippen LogP contribution in [0.5, 0.6) is 11.6 Å². The minimum atomic E-state index is -4.00. The predicted octanol–water partition coefficient (Wildman–Crippen LogP) is 4.86. The van der Waals surface area contributed by atoms with E-state index in [1.165, 1.54) is 10.4 Å². The molecule has 10 nitrogen and oxygen atoms in total. The SMILES string of the molecule is Cc1ccc2c(C3CCCN3S(N)(=O)=O)c(F)ccc2c1Oc1ncccc1-c1ccnc(N[C@H]2CCCNC2)n1.Cl. The van der Waals surface area contributed by atoms with Crippen LogP contribution < -0.4 is 20.5 Å². The Bertz CT molecular complexity index is 1700. The van der Waals surface area contributed by atoms with Crippen LogP contribution in [0.4, 0.5) is 10.3 Å². The van der Waals surface area contributed by atoms with Crippen molar-refractivity contribution in [3.05, 3.63) is 71.8 Å². The quantitative estimate of drug-likeness (QED) is 0.269. The normalized spacial score (nSPS) is 19.4. The fraction of sp³-hybridized carbons (Fsp3) is 0.345. The molecule has 2 saturated heterocycles. The number of anilines is 1. The molecule has 6 rings (SSSR count). The molecular formula is C29H33ClFN7O3S. The number of rotatable bonds is 7. The van der Waals surface area contributed by atoms with Gasteiger partial charge in [0.1, 0.15) is 11.6 Å². The Labute approximate surface area is 250 Å². The number of ether oxygens (including phenoxy) is 1. The van der Waals surface area contributed by atoms with E-state index in [2.05, 4.69) is 20.6 Å². The van der Waals surface area contributed by atoms with Gasteiger partial charge in [-0.15, -0.1) is 12.4 Å². The highest BCUT2D eigenvalue weighted by Gasteiger charge is 2.36. The monoisotopic (exact) mass is 613 g/mol. The van der Waals surface area contributed by atoms with Crippen molar-refractivity contribution in [3.63, 3.8) is 0 Å². The Balaban J connectivity index is 0.00000353. The summed E-state index contributed by atoms with van der Waals surface area (Å²) in [6.07, 6.45) is 6.55. The zero-order valence-electron chi connectivity index (χ0n) is 23.1. The van der Waals surface area contributed by atoms with Crippen molar-refractivity contribution in [2.75, 3.05) is 25.0 Å². The average molecular weight is 614 g/mol. The molecule has 4 N–H and O–H groups in total. The van der Waals surface area contributed by atoms with Gasteiger partial charge in [-0.3, -0.25) is 0 Å². The van der Waals surface area contributed by atoms with E-state index >= 15 is 4.39 Å². The first-order valence-electron chi connectivity index (χ1n) is 13.7. The Morgan fingerprint density at radius 2 is 1.90 bits per heavy atom. The third-order valence-electron chi connectivity index (χ3n) is 7.73. The molecule has 2 fully saturated rings. The second kappa shape index (κ2) is 12.4. The fourth-order valence-corrected chi connectivity index (χ4v) is 6.74. The second-order valence-electron chi connectivity index (χ2n) is 10.5. The van der Waals surface area contributed by atoms with Crippen LogP contribution >= 0.6 is 12.4 Å². The van der Waals surface area contributed by atoms with Gasteiger partial charge in [0.2, 0.25) is 11.8 Å². The van der Waals surface area contributed by atoms with Crippen LogP contribution in [0.15, 0.2) is 54.9 Å². The molecule has 0 spiro atoms. The average Bonchev–Trinajstić information content (AvgIpc) is 3.46. The van der Waals surface area contributed by atoms with E-state index in [1.807, 2.05) is 25.1 Å². The minimum absolute atomic E-state index is 0. The summed E-state index contributed by atoms with van der Waals surface area (Å²) in [5.41, 5.74) is 2.43. The summed E-state index contributed by atoms with van der Waals surface area (Å²) in [5.74, 6) is 0.888. The summed E-state index contributed by atoms with van der Waals surface area (Å²) in [6.45, 7) is 4.02. The smallest absolute Gasteiger partial charge is 0.277 e. The van der Waals surface area contributed by atoms with Crippen molar-refractivity contribution < 1.29 is 17.5 Å². The molecule has 4 heterocycles. The predicted molar refractivity (Wildman–Crippen MR) is 163 cm³/mol. The maximum atomic E-state index is 15.3. The lowest BCUT2D eigenvalue weighted by Gasteiger charge is -2.24. The molecule has 0 amide bonds. The van der Waals surface area contributed by atoms with Gasteiger partial charge < -0.3 is 15.4 Å². The number of hydrogen-bond acceptors (Lipinski definition) is 8. The van der Waals surface area contributed by atoms with Gasteiger partial charge in [0.05, 0.1) is 17.3 Å². The first kappa shape index (κ1) is 30.1. The van der Waals surface area contributed by atoms with E-state index in [4.69, 9.17) is 14.9 Å². The Morgan fingerprint density at radius 3 is 2.69 bits per heavy atom. The van der Waals surface area contributed by atoms with Gasteiger partial charge in [-0.25, -0.2) is 24.5 Å². The first-order valence-corrected chi connectivity index (χ1v) is 15.2. The highest BCUT2D eigenvalue weighted by molar-refractivity contribution is 7.86. The molecule has 2 aliphatic heterocycles. The molecule has 4 aromatic rings. The number of pyridine rings is 1.